The molecule has 0 aliphatic heterocycles. The molecule has 0 aliphatic carbocycles. The fraction of sp³-hybridized carbons (Fsp3) is 0.353. The summed E-state index contributed by atoms with van der Waals surface area (Å²) in [4.78, 5) is 42.9. The molecule has 6 N–H and O–H groups in total. The number of hydrogen-bond acceptors (Lipinski definition) is 10. The number of nitrogens with zero attached hydrogens (tertiary/aromatic N) is 1. The summed E-state index contributed by atoms with van der Waals surface area (Å²) in [6.07, 6.45) is 4.36. The molecule has 0 bridgehead atoms. The van der Waals surface area contributed by atoms with E-state index in [1.54, 1.807) is 24.3 Å². The van der Waals surface area contributed by atoms with Gasteiger partial charge in [0.25, 0.3) is 5.91 Å². The zero-order chi connectivity index (χ0) is 34.5. The van der Waals surface area contributed by atoms with Crippen LogP contribution in [0.25, 0.3) is 22.3 Å². The molecule has 1 aromatic heterocycles. The average Bonchev–Trinajstić information content (AvgIpc) is 3.01. The number of carbonyl (C=O) groups excluding carboxylic acids is 2. The van der Waals surface area contributed by atoms with Gasteiger partial charge in [0.15, 0.2) is 18.3 Å². The van der Waals surface area contributed by atoms with E-state index in [4.69, 9.17) is 34.8 Å². The van der Waals surface area contributed by atoms with Gasteiger partial charge in [-0.1, -0.05) is 11.1 Å². The number of fused-ring (bicyclic) bond motifs is 1. The lowest BCUT2D eigenvalue weighted by Crippen LogP contribution is -2.43. The van der Waals surface area contributed by atoms with Gasteiger partial charge in [-0.3, -0.25) is 14.6 Å². The van der Waals surface area contributed by atoms with Crippen molar-refractivity contribution in [1.29, 1.82) is 0 Å². The number of benzene rings is 2. The number of amides is 1. The number of esters is 1. The summed E-state index contributed by atoms with van der Waals surface area (Å²) in [5.41, 5.74) is 12.6. The van der Waals surface area contributed by atoms with Crippen LogP contribution in [-0.2, 0) is 14.3 Å². The van der Waals surface area contributed by atoms with Crippen molar-refractivity contribution in [2.75, 3.05) is 33.5 Å². The zero-order valence-electron chi connectivity index (χ0n) is 27.3. The summed E-state index contributed by atoms with van der Waals surface area (Å²) in [5, 5.41) is 13.2. The molecule has 47 heavy (non-hydrogen) atoms. The number of guanidine groups is 1. The van der Waals surface area contributed by atoms with Gasteiger partial charge in [-0.15, -0.1) is 0 Å². The molecule has 0 saturated carbocycles. The first-order valence-corrected chi connectivity index (χ1v) is 14.9. The molecule has 3 aromatic rings. The molecule has 0 spiro atoms. The fourth-order valence-corrected chi connectivity index (χ4v) is 4.24. The molecular weight excluding hydrogens is 608 g/mol. The topological polar surface area (TPSA) is 198 Å². The molecule has 0 radical (unpaired) electrons. The quantitative estimate of drug-likeness (QED) is 0.0576. The highest BCUT2D eigenvalue weighted by molar-refractivity contribution is 5.89. The molecule has 0 fully saturated rings. The number of methoxy groups -OCH3 is 1. The van der Waals surface area contributed by atoms with Crippen LogP contribution >= 0.6 is 0 Å². The Hall–Kier alpha value is -5.46. The lowest BCUT2D eigenvalue weighted by atomic mass is 10.1. The number of phenols is 1. The Labute approximate surface area is 272 Å². The van der Waals surface area contributed by atoms with Crippen molar-refractivity contribution in [1.82, 2.24) is 5.32 Å². The summed E-state index contributed by atoms with van der Waals surface area (Å²) >= 11 is 0. The van der Waals surface area contributed by atoms with Crippen molar-refractivity contribution in [3.63, 3.8) is 0 Å². The number of rotatable bonds is 16. The predicted molar refractivity (Wildman–Crippen MR) is 179 cm³/mol. The molecule has 1 amide bonds. The van der Waals surface area contributed by atoms with Gasteiger partial charge >= 0.3 is 5.97 Å². The second-order valence-corrected chi connectivity index (χ2v) is 11.0. The van der Waals surface area contributed by atoms with Gasteiger partial charge in [0.05, 0.1) is 7.11 Å². The maximum atomic E-state index is 13.8. The van der Waals surface area contributed by atoms with Crippen molar-refractivity contribution < 1.29 is 38.1 Å². The van der Waals surface area contributed by atoms with E-state index in [0.717, 1.165) is 11.1 Å². The SMILES string of the molecule is COC(=O)[C@H](CCCN=C(N)N)NC(=O)COc1c(-c2ccc(OCC=C(C)C)cc2)oc2cc(OCC=C(C)C)cc(O)c2c1=O. The molecule has 252 valence electrons. The van der Waals surface area contributed by atoms with E-state index < -0.39 is 30.0 Å². The maximum Gasteiger partial charge on any atom is 0.328 e. The lowest BCUT2D eigenvalue weighted by molar-refractivity contribution is -0.145. The number of hydrogen-bond donors (Lipinski definition) is 4. The molecule has 1 atom stereocenters. The van der Waals surface area contributed by atoms with Crippen molar-refractivity contribution in [2.45, 2.75) is 46.6 Å². The van der Waals surface area contributed by atoms with Gasteiger partial charge in [-0.05, 0) is 77.0 Å². The van der Waals surface area contributed by atoms with Crippen LogP contribution in [0, 0.1) is 0 Å². The summed E-state index contributed by atoms with van der Waals surface area (Å²) in [5.74, 6) is -1.30. The minimum absolute atomic E-state index is 0.00810. The summed E-state index contributed by atoms with van der Waals surface area (Å²) in [6, 6.07) is 8.54. The Kier molecular flexibility index (Phi) is 13.3. The van der Waals surface area contributed by atoms with Crippen LogP contribution in [-0.4, -0.2) is 62.5 Å². The molecule has 0 unspecified atom stereocenters. The van der Waals surface area contributed by atoms with Crippen LogP contribution in [0.2, 0.25) is 0 Å². The molecule has 3 rings (SSSR count). The van der Waals surface area contributed by atoms with E-state index in [-0.39, 0.29) is 59.5 Å². The molecule has 13 nitrogen and oxygen atoms in total. The van der Waals surface area contributed by atoms with Crippen LogP contribution < -0.4 is 36.4 Å². The average molecular weight is 651 g/mol. The van der Waals surface area contributed by atoms with Crippen molar-refractivity contribution >= 4 is 28.8 Å². The molecule has 1 heterocycles. The van der Waals surface area contributed by atoms with Crippen LogP contribution in [0.15, 0.2) is 73.9 Å². The minimum Gasteiger partial charge on any atom is -0.507 e. The fourth-order valence-electron chi connectivity index (χ4n) is 4.24. The van der Waals surface area contributed by atoms with Gasteiger partial charge in [0.2, 0.25) is 11.2 Å². The Balaban J connectivity index is 1.96. The van der Waals surface area contributed by atoms with E-state index in [2.05, 4.69) is 10.3 Å². The number of carbonyl (C=O) groups is 2. The largest absolute Gasteiger partial charge is 0.507 e. The first-order chi connectivity index (χ1) is 22.4. The van der Waals surface area contributed by atoms with E-state index in [1.807, 2.05) is 39.8 Å². The summed E-state index contributed by atoms with van der Waals surface area (Å²) in [7, 11) is 1.20. The number of phenolic OH excluding ortho intramolecular Hbond substituents is 1. The number of allylic oxidation sites excluding steroid dienone is 2. The molecule has 0 aliphatic rings. The van der Waals surface area contributed by atoms with Crippen LogP contribution in [0.4, 0.5) is 0 Å². The van der Waals surface area contributed by atoms with Crippen molar-refractivity contribution in [2.24, 2.45) is 16.5 Å². The lowest BCUT2D eigenvalue weighted by Gasteiger charge is -2.17. The van der Waals surface area contributed by atoms with Crippen LogP contribution in [0.3, 0.4) is 0 Å². The van der Waals surface area contributed by atoms with Gasteiger partial charge in [-0.2, -0.15) is 0 Å². The van der Waals surface area contributed by atoms with Crippen LogP contribution in [0.1, 0.15) is 40.5 Å². The van der Waals surface area contributed by atoms with Gasteiger partial charge in [0.1, 0.15) is 47.5 Å². The number of nitrogens with two attached hydrogens (primary N) is 2. The molecular formula is C34H42N4O9. The highest BCUT2D eigenvalue weighted by atomic mass is 16.5. The molecule has 2 aromatic carbocycles. The van der Waals surface area contributed by atoms with E-state index in [1.165, 1.54) is 19.2 Å². The van der Waals surface area contributed by atoms with E-state index in [9.17, 15) is 19.5 Å². The number of nitrogens with one attached hydrogen (secondary N) is 1. The standard InChI is InChI=1S/C34H42N4O9/c1-20(2)12-15-44-23-10-8-22(9-11-23)31-32(46-19-28(40)38-25(33(42)43-5)7-6-14-37-34(35)36)30(41)29-26(39)17-24(18-27(29)47-31)45-16-13-21(3)4/h8-13,17-18,25,39H,6-7,14-16,19H2,1-5H3,(H,38,40)(H4,35,36,37)/t25-/m0/s1. The minimum atomic E-state index is -1.01. The van der Waals surface area contributed by atoms with Crippen molar-refractivity contribution in [3.05, 3.63) is 69.9 Å². The van der Waals surface area contributed by atoms with E-state index >= 15 is 0 Å². The Morgan fingerprint density at radius 1 is 0.979 bits per heavy atom. The third-order valence-electron chi connectivity index (χ3n) is 6.62. The number of aliphatic imine (C=N–C) groups is 1. The molecule has 0 saturated heterocycles. The second kappa shape index (κ2) is 17.3. The Bertz CT molecular complexity index is 1700. The Morgan fingerprint density at radius 3 is 2.21 bits per heavy atom. The smallest absolute Gasteiger partial charge is 0.328 e. The number of aromatic hydroxyl groups is 1. The summed E-state index contributed by atoms with van der Waals surface area (Å²) in [6.45, 7) is 8.01. The molecule has 13 heteroatoms. The van der Waals surface area contributed by atoms with Gasteiger partial charge in [-0.25, -0.2) is 4.79 Å². The third kappa shape index (κ3) is 10.8. The zero-order valence-corrected chi connectivity index (χ0v) is 27.3. The van der Waals surface area contributed by atoms with Crippen molar-refractivity contribution in [3.8, 4) is 34.3 Å². The maximum absolute atomic E-state index is 13.8. The van der Waals surface area contributed by atoms with Crippen LogP contribution in [0.5, 0.6) is 23.0 Å². The normalized spacial score (nSPS) is 11.2. The first-order valence-electron chi connectivity index (χ1n) is 14.9. The third-order valence-corrected chi connectivity index (χ3v) is 6.62. The van der Waals surface area contributed by atoms with Gasteiger partial charge in [0, 0.05) is 24.2 Å². The van der Waals surface area contributed by atoms with E-state index in [0.29, 0.717) is 24.3 Å². The monoisotopic (exact) mass is 650 g/mol. The summed E-state index contributed by atoms with van der Waals surface area (Å²) < 4.78 is 28.2. The predicted octanol–water partition coefficient (Wildman–Crippen LogP) is 3.95. The highest BCUT2D eigenvalue weighted by Crippen LogP contribution is 2.36. The first kappa shape index (κ1) is 36.0. The number of ether oxygens (including phenoxy) is 4. The highest BCUT2D eigenvalue weighted by Gasteiger charge is 2.24. The Morgan fingerprint density at radius 2 is 1.62 bits per heavy atom. The van der Waals surface area contributed by atoms with Gasteiger partial charge < -0.3 is 45.3 Å². The second-order valence-electron chi connectivity index (χ2n) is 11.0.